The highest BCUT2D eigenvalue weighted by Gasteiger charge is 2.25. The molecule has 2 heteroatoms. The lowest BCUT2D eigenvalue weighted by molar-refractivity contribution is 0.228. The van der Waals surface area contributed by atoms with Crippen LogP contribution in [0.15, 0.2) is 24.3 Å². The molecule has 0 heterocycles. The first-order chi connectivity index (χ1) is 8.80. The van der Waals surface area contributed by atoms with Crippen molar-refractivity contribution in [2.75, 3.05) is 13.1 Å². The smallest absolute Gasteiger partial charge is 0.0438 e. The van der Waals surface area contributed by atoms with E-state index in [0.717, 1.165) is 24.5 Å². The van der Waals surface area contributed by atoms with Gasteiger partial charge in [-0.2, -0.15) is 0 Å². The Morgan fingerprint density at radius 2 is 1.74 bits per heavy atom. The predicted octanol–water partition coefficient (Wildman–Crippen LogP) is 4.79. The molecule has 0 saturated heterocycles. The Hall–Kier alpha value is -0.530. The molecule has 0 amide bonds. The Kier molecular flexibility index (Phi) is 6.35. The van der Waals surface area contributed by atoms with E-state index in [1.54, 1.807) is 0 Å². The largest absolute Gasteiger partial charge is 0.316 e. The van der Waals surface area contributed by atoms with Crippen LogP contribution >= 0.6 is 11.6 Å². The summed E-state index contributed by atoms with van der Waals surface area (Å²) in [5.74, 6) is 1.28. The first-order valence-electron chi connectivity index (χ1n) is 7.25. The fourth-order valence-corrected chi connectivity index (χ4v) is 2.37. The van der Waals surface area contributed by atoms with Gasteiger partial charge in [-0.15, -0.1) is 0 Å². The van der Waals surface area contributed by atoms with E-state index in [4.69, 9.17) is 11.6 Å². The Morgan fingerprint density at radius 1 is 1.11 bits per heavy atom. The van der Waals surface area contributed by atoms with Gasteiger partial charge in [-0.1, -0.05) is 64.4 Å². The van der Waals surface area contributed by atoms with Gasteiger partial charge in [0.1, 0.15) is 0 Å². The molecule has 0 aliphatic heterocycles. The highest BCUT2D eigenvalue weighted by Crippen LogP contribution is 2.30. The molecule has 1 aromatic rings. The highest BCUT2D eigenvalue weighted by molar-refractivity contribution is 6.31. The highest BCUT2D eigenvalue weighted by atomic mass is 35.5. The van der Waals surface area contributed by atoms with Gasteiger partial charge < -0.3 is 5.32 Å². The van der Waals surface area contributed by atoms with E-state index in [-0.39, 0.29) is 5.41 Å². The van der Waals surface area contributed by atoms with Crippen LogP contribution in [-0.2, 0) is 6.42 Å². The van der Waals surface area contributed by atoms with Crippen LogP contribution in [0.25, 0.3) is 0 Å². The number of hydrogen-bond acceptors (Lipinski definition) is 1. The summed E-state index contributed by atoms with van der Waals surface area (Å²) < 4.78 is 0. The van der Waals surface area contributed by atoms with Crippen molar-refractivity contribution in [3.05, 3.63) is 34.9 Å². The molecule has 0 radical (unpaired) electrons. The van der Waals surface area contributed by atoms with Crippen molar-refractivity contribution in [1.82, 2.24) is 5.32 Å². The van der Waals surface area contributed by atoms with Crippen LogP contribution in [0.1, 0.15) is 40.2 Å². The molecule has 0 aliphatic carbocycles. The molecule has 0 spiro atoms. The van der Waals surface area contributed by atoms with Gasteiger partial charge in [-0.05, 0) is 48.4 Å². The second-order valence-electron chi connectivity index (χ2n) is 6.91. The van der Waals surface area contributed by atoms with Crippen molar-refractivity contribution in [2.24, 2.45) is 17.3 Å². The minimum absolute atomic E-state index is 0.281. The Morgan fingerprint density at radius 3 is 2.26 bits per heavy atom. The molecule has 0 aliphatic rings. The van der Waals surface area contributed by atoms with Crippen molar-refractivity contribution < 1.29 is 0 Å². The van der Waals surface area contributed by atoms with E-state index in [0.29, 0.717) is 11.8 Å². The summed E-state index contributed by atoms with van der Waals surface area (Å²) in [4.78, 5) is 0. The molecular weight excluding hydrogens is 254 g/mol. The third kappa shape index (κ3) is 5.97. The maximum absolute atomic E-state index is 6.28. The van der Waals surface area contributed by atoms with E-state index in [9.17, 15) is 0 Å². The quantitative estimate of drug-likeness (QED) is 0.790. The van der Waals surface area contributed by atoms with Crippen molar-refractivity contribution in [3.8, 4) is 0 Å². The van der Waals surface area contributed by atoms with Crippen LogP contribution in [0, 0.1) is 17.3 Å². The van der Waals surface area contributed by atoms with E-state index in [1.165, 1.54) is 5.56 Å². The van der Waals surface area contributed by atoms with Gasteiger partial charge in [0.2, 0.25) is 0 Å². The number of rotatable bonds is 6. The van der Waals surface area contributed by atoms with Crippen LogP contribution in [-0.4, -0.2) is 13.1 Å². The standard InChI is InChI=1S/C17H28ClN/c1-13(2)11-19-12-15(17(3,4)5)10-14-8-6-7-9-16(14)18/h6-9,13,15,19H,10-12H2,1-5H3. The van der Waals surface area contributed by atoms with Gasteiger partial charge in [-0.3, -0.25) is 0 Å². The van der Waals surface area contributed by atoms with E-state index in [2.05, 4.69) is 52.1 Å². The molecule has 1 atom stereocenters. The molecule has 1 rings (SSSR count). The summed E-state index contributed by atoms with van der Waals surface area (Å²) in [6.45, 7) is 13.5. The van der Waals surface area contributed by atoms with Gasteiger partial charge >= 0.3 is 0 Å². The summed E-state index contributed by atoms with van der Waals surface area (Å²) >= 11 is 6.28. The molecule has 0 aromatic heterocycles. The predicted molar refractivity (Wildman–Crippen MR) is 85.8 cm³/mol. The number of nitrogens with one attached hydrogen (secondary N) is 1. The van der Waals surface area contributed by atoms with Crippen LogP contribution < -0.4 is 5.32 Å². The van der Waals surface area contributed by atoms with Crippen molar-refractivity contribution in [2.45, 2.75) is 41.0 Å². The Balaban J connectivity index is 2.68. The van der Waals surface area contributed by atoms with Gasteiger partial charge in [0, 0.05) is 5.02 Å². The Bertz CT molecular complexity index is 379. The van der Waals surface area contributed by atoms with Crippen LogP contribution in [0.3, 0.4) is 0 Å². The molecule has 1 N–H and O–H groups in total. The zero-order valence-electron chi connectivity index (χ0n) is 13.0. The number of hydrogen-bond donors (Lipinski definition) is 1. The topological polar surface area (TPSA) is 12.0 Å². The van der Waals surface area contributed by atoms with Crippen molar-refractivity contribution >= 4 is 11.6 Å². The second kappa shape index (κ2) is 7.31. The molecule has 1 nitrogen and oxygen atoms in total. The zero-order chi connectivity index (χ0) is 14.5. The van der Waals surface area contributed by atoms with Crippen LogP contribution in [0.4, 0.5) is 0 Å². The maximum atomic E-state index is 6.28. The van der Waals surface area contributed by atoms with Gasteiger partial charge in [-0.25, -0.2) is 0 Å². The van der Waals surface area contributed by atoms with Crippen LogP contribution in [0.2, 0.25) is 5.02 Å². The minimum atomic E-state index is 0.281. The summed E-state index contributed by atoms with van der Waals surface area (Å²) in [6.07, 6.45) is 1.04. The maximum Gasteiger partial charge on any atom is 0.0438 e. The Labute approximate surface area is 123 Å². The van der Waals surface area contributed by atoms with Crippen molar-refractivity contribution in [3.63, 3.8) is 0 Å². The first-order valence-corrected chi connectivity index (χ1v) is 7.62. The molecular formula is C17H28ClN. The third-order valence-corrected chi connectivity index (χ3v) is 3.96. The summed E-state index contributed by atoms with van der Waals surface area (Å²) in [5, 5.41) is 4.48. The molecule has 19 heavy (non-hydrogen) atoms. The first kappa shape index (κ1) is 16.5. The summed E-state index contributed by atoms with van der Waals surface area (Å²) in [6, 6.07) is 8.19. The molecule has 108 valence electrons. The van der Waals surface area contributed by atoms with Gasteiger partial charge in [0.05, 0.1) is 0 Å². The third-order valence-electron chi connectivity index (χ3n) is 3.59. The number of halogens is 1. The summed E-state index contributed by atoms with van der Waals surface area (Å²) in [7, 11) is 0. The average Bonchev–Trinajstić information content (AvgIpc) is 2.28. The van der Waals surface area contributed by atoms with E-state index >= 15 is 0 Å². The van der Waals surface area contributed by atoms with Gasteiger partial charge in [0.25, 0.3) is 0 Å². The molecule has 0 fully saturated rings. The normalized spacial score (nSPS) is 13.8. The second-order valence-corrected chi connectivity index (χ2v) is 7.32. The lowest BCUT2D eigenvalue weighted by atomic mass is 9.77. The van der Waals surface area contributed by atoms with Crippen molar-refractivity contribution in [1.29, 1.82) is 0 Å². The molecule has 0 saturated carbocycles. The van der Waals surface area contributed by atoms with Crippen LogP contribution in [0.5, 0.6) is 0 Å². The summed E-state index contributed by atoms with van der Waals surface area (Å²) in [5.41, 5.74) is 1.54. The fourth-order valence-electron chi connectivity index (χ4n) is 2.16. The average molecular weight is 282 g/mol. The monoisotopic (exact) mass is 281 g/mol. The fraction of sp³-hybridized carbons (Fsp3) is 0.647. The lowest BCUT2D eigenvalue weighted by Crippen LogP contribution is -2.35. The lowest BCUT2D eigenvalue weighted by Gasteiger charge is -2.31. The number of benzene rings is 1. The minimum Gasteiger partial charge on any atom is -0.316 e. The molecule has 1 unspecified atom stereocenters. The SMILES string of the molecule is CC(C)CNCC(Cc1ccccc1Cl)C(C)(C)C. The molecule has 1 aromatic carbocycles. The molecule has 0 bridgehead atoms. The van der Waals surface area contributed by atoms with E-state index in [1.807, 2.05) is 12.1 Å². The van der Waals surface area contributed by atoms with Gasteiger partial charge in [0.15, 0.2) is 0 Å². The van der Waals surface area contributed by atoms with E-state index < -0.39 is 0 Å². The zero-order valence-corrected chi connectivity index (χ0v) is 13.7.